The number of fused-ring (bicyclic) bond motifs is 1. The van der Waals surface area contributed by atoms with Crippen molar-refractivity contribution in [1.29, 1.82) is 0 Å². The predicted octanol–water partition coefficient (Wildman–Crippen LogP) is 2.67. The molecule has 1 atom stereocenters. The van der Waals surface area contributed by atoms with E-state index in [9.17, 15) is 4.79 Å². The molecule has 1 amide bonds. The minimum absolute atomic E-state index is 0.0267. The van der Waals surface area contributed by atoms with Crippen LogP contribution in [0.1, 0.15) is 18.4 Å². The Bertz CT molecular complexity index is 514. The van der Waals surface area contributed by atoms with Gasteiger partial charge in [0.15, 0.2) is 0 Å². The van der Waals surface area contributed by atoms with E-state index in [1.54, 1.807) is 7.11 Å². The van der Waals surface area contributed by atoms with Crippen LogP contribution in [0.15, 0.2) is 12.1 Å². The zero-order valence-electron chi connectivity index (χ0n) is 10.8. The van der Waals surface area contributed by atoms with Gasteiger partial charge in [-0.05, 0) is 36.5 Å². The van der Waals surface area contributed by atoms with E-state index in [-0.39, 0.29) is 5.91 Å². The van der Waals surface area contributed by atoms with Gasteiger partial charge in [-0.15, -0.1) is 0 Å². The van der Waals surface area contributed by atoms with Crippen LogP contribution in [0.25, 0.3) is 0 Å². The zero-order chi connectivity index (χ0) is 13.4. The molecular weight excluding hydrogens is 264 g/mol. The summed E-state index contributed by atoms with van der Waals surface area (Å²) in [6.07, 6.45) is 2.91. The fourth-order valence-corrected chi connectivity index (χ4v) is 2.75. The molecule has 4 nitrogen and oxygen atoms in total. The molecule has 102 valence electrons. The first kappa shape index (κ1) is 12.8. The monoisotopic (exact) mass is 280 g/mol. The topological polar surface area (TPSA) is 50.4 Å². The molecule has 2 aliphatic rings. The van der Waals surface area contributed by atoms with Gasteiger partial charge in [-0.2, -0.15) is 0 Å². The van der Waals surface area contributed by atoms with E-state index in [4.69, 9.17) is 16.3 Å². The van der Waals surface area contributed by atoms with Crippen LogP contribution in [0, 0.1) is 5.92 Å². The minimum atomic E-state index is 0.0267. The van der Waals surface area contributed by atoms with Gasteiger partial charge in [0.05, 0.1) is 29.8 Å². The lowest BCUT2D eigenvalue weighted by Crippen LogP contribution is -2.27. The van der Waals surface area contributed by atoms with Gasteiger partial charge >= 0.3 is 0 Å². The summed E-state index contributed by atoms with van der Waals surface area (Å²) >= 11 is 6.27. The van der Waals surface area contributed by atoms with E-state index in [0.29, 0.717) is 30.0 Å². The summed E-state index contributed by atoms with van der Waals surface area (Å²) in [4.78, 5) is 11.4. The highest BCUT2D eigenvalue weighted by Crippen LogP contribution is 2.37. The molecule has 0 bridgehead atoms. The lowest BCUT2D eigenvalue weighted by atomic mass is 10.1. The average Bonchev–Trinajstić information content (AvgIpc) is 3.13. The number of carbonyl (C=O) groups excluding carboxylic acids is 1. The maximum atomic E-state index is 11.4. The van der Waals surface area contributed by atoms with Crippen molar-refractivity contribution in [3.63, 3.8) is 0 Å². The second-order valence-electron chi connectivity index (χ2n) is 5.26. The Morgan fingerprint density at radius 3 is 3.00 bits per heavy atom. The normalized spacial score (nSPS) is 18.9. The Hall–Kier alpha value is -1.26. The molecular formula is C14H17ClN2O2. The number of halogens is 1. The summed E-state index contributed by atoms with van der Waals surface area (Å²) in [5.41, 5.74) is 2.73. The number of anilines is 2. The Kier molecular flexibility index (Phi) is 3.37. The third-order valence-electron chi connectivity index (χ3n) is 3.70. The van der Waals surface area contributed by atoms with Crippen molar-refractivity contribution in [2.75, 3.05) is 24.4 Å². The van der Waals surface area contributed by atoms with E-state index in [0.717, 1.165) is 16.9 Å². The van der Waals surface area contributed by atoms with E-state index in [2.05, 4.69) is 10.6 Å². The summed E-state index contributed by atoms with van der Waals surface area (Å²) in [5, 5.41) is 6.90. The van der Waals surface area contributed by atoms with Crippen LogP contribution in [-0.4, -0.2) is 25.7 Å². The molecule has 2 N–H and O–H groups in total. The van der Waals surface area contributed by atoms with Gasteiger partial charge < -0.3 is 15.4 Å². The van der Waals surface area contributed by atoms with Crippen molar-refractivity contribution < 1.29 is 9.53 Å². The molecule has 1 aliphatic heterocycles. The minimum Gasteiger partial charge on any atom is -0.383 e. The van der Waals surface area contributed by atoms with Gasteiger partial charge in [-0.3, -0.25) is 4.79 Å². The number of hydrogen-bond donors (Lipinski definition) is 2. The highest BCUT2D eigenvalue weighted by Gasteiger charge is 2.31. The van der Waals surface area contributed by atoms with Crippen LogP contribution >= 0.6 is 11.6 Å². The summed E-state index contributed by atoms with van der Waals surface area (Å²) in [6, 6.07) is 4.09. The molecule has 19 heavy (non-hydrogen) atoms. The highest BCUT2D eigenvalue weighted by atomic mass is 35.5. The SMILES string of the molecule is COCC(Nc1cc2c(cc1Cl)NC(=O)C2)C1CC1. The quantitative estimate of drug-likeness (QED) is 0.872. The number of rotatable bonds is 5. The molecule has 1 fully saturated rings. The second kappa shape index (κ2) is 5.02. The largest absolute Gasteiger partial charge is 0.383 e. The lowest BCUT2D eigenvalue weighted by molar-refractivity contribution is -0.115. The van der Waals surface area contributed by atoms with Crippen LogP contribution in [0.3, 0.4) is 0 Å². The number of amides is 1. The van der Waals surface area contributed by atoms with Crippen LogP contribution in [0.4, 0.5) is 11.4 Å². The van der Waals surface area contributed by atoms with Gasteiger partial charge in [0, 0.05) is 12.8 Å². The zero-order valence-corrected chi connectivity index (χ0v) is 11.6. The number of benzene rings is 1. The molecule has 1 aromatic carbocycles. The van der Waals surface area contributed by atoms with E-state index in [1.807, 2.05) is 12.1 Å². The lowest BCUT2D eigenvalue weighted by Gasteiger charge is -2.20. The first-order chi connectivity index (χ1) is 9.17. The molecule has 0 aromatic heterocycles. The smallest absolute Gasteiger partial charge is 0.228 e. The number of carbonyl (C=O) groups is 1. The standard InChI is InChI=1S/C14H17ClN2O2/c1-19-7-13(8-2-3-8)16-12-4-9-5-14(18)17-11(9)6-10(12)15/h4,6,8,13,16H,2-3,5,7H2,1H3,(H,17,18). The Labute approximate surface area is 117 Å². The summed E-state index contributed by atoms with van der Waals surface area (Å²) < 4.78 is 5.26. The third kappa shape index (κ3) is 2.69. The van der Waals surface area contributed by atoms with Crippen LogP contribution < -0.4 is 10.6 Å². The van der Waals surface area contributed by atoms with Crippen molar-refractivity contribution in [1.82, 2.24) is 0 Å². The Morgan fingerprint density at radius 1 is 1.53 bits per heavy atom. The van der Waals surface area contributed by atoms with E-state index >= 15 is 0 Å². The van der Waals surface area contributed by atoms with Gasteiger partial charge in [0.2, 0.25) is 5.91 Å². The van der Waals surface area contributed by atoms with E-state index in [1.165, 1.54) is 12.8 Å². The maximum absolute atomic E-state index is 11.4. The number of ether oxygens (including phenoxy) is 1. The van der Waals surface area contributed by atoms with Crippen molar-refractivity contribution in [2.45, 2.75) is 25.3 Å². The van der Waals surface area contributed by atoms with Crippen LogP contribution in [0.5, 0.6) is 0 Å². The molecule has 1 aliphatic carbocycles. The molecule has 1 unspecified atom stereocenters. The molecule has 0 radical (unpaired) electrons. The Balaban J connectivity index is 1.80. The van der Waals surface area contributed by atoms with Crippen molar-refractivity contribution in [3.05, 3.63) is 22.7 Å². The molecule has 5 heteroatoms. The van der Waals surface area contributed by atoms with Crippen molar-refractivity contribution in [2.24, 2.45) is 5.92 Å². The number of hydrogen-bond acceptors (Lipinski definition) is 3. The number of nitrogens with one attached hydrogen (secondary N) is 2. The van der Waals surface area contributed by atoms with Gasteiger partial charge in [0.25, 0.3) is 0 Å². The van der Waals surface area contributed by atoms with Gasteiger partial charge in [-0.25, -0.2) is 0 Å². The molecule has 1 heterocycles. The molecule has 0 saturated heterocycles. The maximum Gasteiger partial charge on any atom is 0.228 e. The molecule has 1 aromatic rings. The Morgan fingerprint density at radius 2 is 2.32 bits per heavy atom. The van der Waals surface area contributed by atoms with Gasteiger partial charge in [-0.1, -0.05) is 11.6 Å². The van der Waals surface area contributed by atoms with Crippen LogP contribution in [0.2, 0.25) is 5.02 Å². The third-order valence-corrected chi connectivity index (χ3v) is 4.01. The number of methoxy groups -OCH3 is 1. The fourth-order valence-electron chi connectivity index (χ4n) is 2.53. The first-order valence-electron chi connectivity index (χ1n) is 6.55. The van der Waals surface area contributed by atoms with Crippen molar-refractivity contribution in [3.8, 4) is 0 Å². The second-order valence-corrected chi connectivity index (χ2v) is 5.66. The summed E-state index contributed by atoms with van der Waals surface area (Å²) in [6.45, 7) is 0.676. The predicted molar refractivity (Wildman–Crippen MR) is 75.8 cm³/mol. The van der Waals surface area contributed by atoms with Gasteiger partial charge in [0.1, 0.15) is 0 Å². The fraction of sp³-hybridized carbons (Fsp3) is 0.500. The summed E-state index contributed by atoms with van der Waals surface area (Å²) in [5.74, 6) is 0.697. The molecule has 0 spiro atoms. The average molecular weight is 281 g/mol. The molecule has 3 rings (SSSR count). The molecule has 1 saturated carbocycles. The summed E-state index contributed by atoms with van der Waals surface area (Å²) in [7, 11) is 1.71. The first-order valence-corrected chi connectivity index (χ1v) is 6.93. The van der Waals surface area contributed by atoms with Crippen molar-refractivity contribution >= 4 is 28.9 Å². The van der Waals surface area contributed by atoms with Crippen LogP contribution in [-0.2, 0) is 16.0 Å². The van der Waals surface area contributed by atoms with E-state index < -0.39 is 0 Å². The highest BCUT2D eigenvalue weighted by molar-refractivity contribution is 6.33.